The minimum atomic E-state index is 0.0584. The molecule has 2 rings (SSSR count). The Morgan fingerprint density at radius 1 is 1.27 bits per heavy atom. The molecule has 0 spiro atoms. The van der Waals surface area contributed by atoms with Gasteiger partial charge in [-0.15, -0.1) is 0 Å². The van der Waals surface area contributed by atoms with Gasteiger partial charge in [-0.3, -0.25) is 4.79 Å². The fourth-order valence-corrected chi connectivity index (χ4v) is 1.14. The zero-order chi connectivity index (χ0) is 7.68. The zero-order valence-corrected chi connectivity index (χ0v) is 5.91. The van der Waals surface area contributed by atoms with Crippen LogP contribution < -0.4 is 0 Å². The molecule has 0 amide bonds. The van der Waals surface area contributed by atoms with Crippen LogP contribution >= 0.6 is 0 Å². The first-order chi connectivity index (χ1) is 5.38. The van der Waals surface area contributed by atoms with Gasteiger partial charge in [0.05, 0.1) is 0 Å². The molecule has 1 aliphatic rings. The summed E-state index contributed by atoms with van der Waals surface area (Å²) in [6, 6.07) is 7.43. The Balaban J connectivity index is 2.52. The highest BCUT2D eigenvalue weighted by Crippen LogP contribution is 2.16. The summed E-state index contributed by atoms with van der Waals surface area (Å²) in [4.78, 5) is 11.1. The van der Waals surface area contributed by atoms with Gasteiger partial charge in [0.15, 0.2) is 5.78 Å². The molecule has 11 heavy (non-hydrogen) atoms. The van der Waals surface area contributed by atoms with Gasteiger partial charge in [-0.05, 0) is 5.56 Å². The molecule has 1 radical (unpaired) electrons. The number of rotatable bonds is 0. The smallest absolute Gasteiger partial charge is 0.188 e. The molecule has 0 unspecified atom stereocenters. The molecule has 1 aliphatic heterocycles. The number of benzene rings is 1. The number of Topliss-reactive ketones (excluding diaryl/α,β-unsaturated/α-hetero) is 1. The highest BCUT2D eigenvalue weighted by molar-refractivity contribution is 5.99. The lowest BCUT2D eigenvalue weighted by atomic mass is 10.0. The molecule has 0 aromatic heterocycles. The molecule has 0 N–H and O–H groups in total. The quantitative estimate of drug-likeness (QED) is 0.554. The van der Waals surface area contributed by atoms with Crippen LogP contribution in [0.1, 0.15) is 15.9 Å². The second-order valence-corrected chi connectivity index (χ2v) is 2.44. The number of ketones is 1. The summed E-state index contributed by atoms with van der Waals surface area (Å²) in [5, 5.41) is 0. The summed E-state index contributed by atoms with van der Waals surface area (Å²) in [5.74, 6) is 0.0584. The molecule has 2 heteroatoms. The minimum Gasteiger partial charge on any atom is -0.362 e. The van der Waals surface area contributed by atoms with Crippen molar-refractivity contribution < 1.29 is 9.53 Å². The molecule has 0 aliphatic carbocycles. The van der Waals surface area contributed by atoms with E-state index in [1.807, 2.05) is 24.3 Å². The fourth-order valence-electron chi connectivity index (χ4n) is 1.14. The highest BCUT2D eigenvalue weighted by atomic mass is 16.5. The predicted molar refractivity (Wildman–Crippen MR) is 40.1 cm³/mol. The van der Waals surface area contributed by atoms with Crippen molar-refractivity contribution in [2.45, 2.75) is 0 Å². The fraction of sp³-hybridized carbons (Fsp3) is 0.111. The molecule has 0 fully saturated rings. The van der Waals surface area contributed by atoms with Crippen LogP contribution in [0, 0.1) is 6.61 Å². The lowest BCUT2D eigenvalue weighted by molar-refractivity contribution is 0.0833. The van der Waals surface area contributed by atoms with E-state index in [1.165, 1.54) is 0 Å². The van der Waals surface area contributed by atoms with Gasteiger partial charge in [0, 0.05) is 5.56 Å². The van der Waals surface area contributed by atoms with E-state index in [2.05, 4.69) is 0 Å². The van der Waals surface area contributed by atoms with Crippen LogP contribution in [0.2, 0.25) is 0 Å². The molecule has 0 saturated heterocycles. The van der Waals surface area contributed by atoms with Gasteiger partial charge in [0.1, 0.15) is 13.2 Å². The summed E-state index contributed by atoms with van der Waals surface area (Å²) in [5.41, 5.74) is 1.64. The normalized spacial score (nSPS) is 16.2. The summed E-state index contributed by atoms with van der Waals surface area (Å²) in [7, 11) is 0. The second kappa shape index (κ2) is 2.47. The van der Waals surface area contributed by atoms with Gasteiger partial charge in [-0.25, -0.2) is 0 Å². The van der Waals surface area contributed by atoms with Crippen LogP contribution in [-0.4, -0.2) is 12.4 Å². The first-order valence-corrected chi connectivity index (χ1v) is 3.45. The van der Waals surface area contributed by atoms with Crippen LogP contribution in [-0.2, 0) is 4.74 Å². The van der Waals surface area contributed by atoms with Crippen LogP contribution in [0.3, 0.4) is 0 Å². The van der Waals surface area contributed by atoms with Gasteiger partial charge in [-0.1, -0.05) is 24.3 Å². The third-order valence-electron chi connectivity index (χ3n) is 1.69. The van der Waals surface area contributed by atoms with Gasteiger partial charge < -0.3 is 4.74 Å². The van der Waals surface area contributed by atoms with Crippen LogP contribution in [0.4, 0.5) is 0 Å². The maximum atomic E-state index is 11.1. The summed E-state index contributed by atoms with van der Waals surface area (Å²) < 4.78 is 4.93. The summed E-state index contributed by atoms with van der Waals surface area (Å²) in [6.07, 6.45) is 0. The predicted octanol–water partition coefficient (Wildman–Crippen LogP) is 1.41. The standard InChI is InChI=1S/C9H7O2/c10-9-6-11-5-7-3-1-2-4-8(7)9/h1-5H,6H2. The Morgan fingerprint density at radius 3 is 2.91 bits per heavy atom. The largest absolute Gasteiger partial charge is 0.362 e. The SMILES string of the molecule is O=C1CO[CH]c2ccccc21. The van der Waals surface area contributed by atoms with E-state index in [4.69, 9.17) is 4.74 Å². The van der Waals surface area contributed by atoms with Crippen molar-refractivity contribution in [3.63, 3.8) is 0 Å². The molecule has 0 atom stereocenters. The zero-order valence-electron chi connectivity index (χ0n) is 5.91. The monoisotopic (exact) mass is 147 g/mol. The van der Waals surface area contributed by atoms with E-state index in [0.717, 1.165) is 11.1 Å². The number of carbonyl (C=O) groups is 1. The highest BCUT2D eigenvalue weighted by Gasteiger charge is 2.16. The molecule has 1 aromatic rings. The third-order valence-corrected chi connectivity index (χ3v) is 1.69. The van der Waals surface area contributed by atoms with Crippen LogP contribution in [0.5, 0.6) is 0 Å². The molecular formula is C9H7O2. The first kappa shape index (κ1) is 6.55. The lowest BCUT2D eigenvalue weighted by Crippen LogP contribution is -2.16. The molecule has 1 heterocycles. The molecule has 0 bridgehead atoms. The van der Waals surface area contributed by atoms with E-state index in [1.54, 1.807) is 6.61 Å². The van der Waals surface area contributed by atoms with Gasteiger partial charge >= 0.3 is 0 Å². The molecule has 55 valence electrons. The number of fused-ring (bicyclic) bond motifs is 1. The lowest BCUT2D eigenvalue weighted by Gasteiger charge is -2.13. The van der Waals surface area contributed by atoms with Crippen molar-refractivity contribution in [3.05, 3.63) is 42.0 Å². The van der Waals surface area contributed by atoms with Crippen molar-refractivity contribution in [3.8, 4) is 0 Å². The van der Waals surface area contributed by atoms with E-state index < -0.39 is 0 Å². The van der Waals surface area contributed by atoms with E-state index >= 15 is 0 Å². The van der Waals surface area contributed by atoms with Gasteiger partial charge in [0.25, 0.3) is 0 Å². The number of carbonyl (C=O) groups excluding carboxylic acids is 1. The maximum absolute atomic E-state index is 11.1. The number of hydrogen-bond acceptors (Lipinski definition) is 2. The average molecular weight is 147 g/mol. The minimum absolute atomic E-state index is 0.0584. The first-order valence-electron chi connectivity index (χ1n) is 3.45. The Morgan fingerprint density at radius 2 is 2.09 bits per heavy atom. The Kier molecular flexibility index (Phi) is 1.47. The number of hydrogen-bond donors (Lipinski definition) is 0. The van der Waals surface area contributed by atoms with E-state index in [9.17, 15) is 4.79 Å². The summed E-state index contributed by atoms with van der Waals surface area (Å²) in [6.45, 7) is 1.80. The van der Waals surface area contributed by atoms with Gasteiger partial charge in [0.2, 0.25) is 0 Å². The van der Waals surface area contributed by atoms with Crippen molar-refractivity contribution in [2.75, 3.05) is 6.61 Å². The Labute approximate surface area is 64.8 Å². The topological polar surface area (TPSA) is 26.3 Å². The van der Waals surface area contributed by atoms with Crippen LogP contribution in [0.15, 0.2) is 24.3 Å². The van der Waals surface area contributed by atoms with Crippen molar-refractivity contribution >= 4 is 5.78 Å². The van der Waals surface area contributed by atoms with Crippen molar-refractivity contribution in [2.24, 2.45) is 0 Å². The second-order valence-electron chi connectivity index (χ2n) is 2.44. The Hall–Kier alpha value is -1.15. The Bertz CT molecular complexity index is 291. The molecule has 2 nitrogen and oxygen atoms in total. The molecule has 1 aromatic carbocycles. The summed E-state index contributed by atoms with van der Waals surface area (Å²) >= 11 is 0. The van der Waals surface area contributed by atoms with Crippen molar-refractivity contribution in [1.29, 1.82) is 0 Å². The molecular weight excluding hydrogens is 140 g/mol. The number of ether oxygens (including phenoxy) is 1. The van der Waals surface area contributed by atoms with E-state index in [-0.39, 0.29) is 12.4 Å². The van der Waals surface area contributed by atoms with Crippen molar-refractivity contribution in [1.82, 2.24) is 0 Å². The van der Waals surface area contributed by atoms with Gasteiger partial charge in [-0.2, -0.15) is 0 Å². The van der Waals surface area contributed by atoms with Crippen LogP contribution in [0.25, 0.3) is 0 Å². The van der Waals surface area contributed by atoms with E-state index in [0.29, 0.717) is 0 Å². The molecule has 0 saturated carbocycles. The average Bonchev–Trinajstić information content (AvgIpc) is 2.06. The third kappa shape index (κ3) is 1.05. The maximum Gasteiger partial charge on any atom is 0.188 e.